The Bertz CT molecular complexity index is 296. The highest BCUT2D eigenvalue weighted by atomic mass is 35.5. The van der Waals surface area contributed by atoms with E-state index >= 15 is 0 Å². The van der Waals surface area contributed by atoms with Crippen LogP contribution in [0.25, 0.3) is 0 Å². The second-order valence-electron chi connectivity index (χ2n) is 3.64. The monoisotopic (exact) mass is 233 g/mol. The third kappa shape index (κ3) is 2.27. The zero-order valence-corrected chi connectivity index (χ0v) is 9.37. The smallest absolute Gasteiger partial charge is 0.119 e. The van der Waals surface area contributed by atoms with Crippen LogP contribution < -0.4 is 5.32 Å². The Morgan fingerprint density at radius 2 is 2.57 bits per heavy atom. The summed E-state index contributed by atoms with van der Waals surface area (Å²) in [5.74, 6) is 0. The van der Waals surface area contributed by atoms with Gasteiger partial charge in [-0.1, -0.05) is 11.6 Å². The van der Waals surface area contributed by atoms with Crippen molar-refractivity contribution in [3.8, 4) is 0 Å². The van der Waals surface area contributed by atoms with Crippen molar-refractivity contribution >= 4 is 22.9 Å². The lowest BCUT2D eigenvalue weighted by Crippen LogP contribution is -2.33. The lowest BCUT2D eigenvalue weighted by atomic mass is 10.0. The molecule has 2 atom stereocenters. The summed E-state index contributed by atoms with van der Waals surface area (Å²) in [6.45, 7) is 0.947. The van der Waals surface area contributed by atoms with Gasteiger partial charge in [0.2, 0.25) is 0 Å². The van der Waals surface area contributed by atoms with Crippen LogP contribution in [0.1, 0.15) is 18.4 Å². The number of hydrogen-bond acceptors (Lipinski definition) is 2. The van der Waals surface area contributed by atoms with Gasteiger partial charge < -0.3 is 5.32 Å². The normalized spacial score (nSPS) is 24.0. The highest BCUT2D eigenvalue weighted by molar-refractivity contribution is 7.14. The van der Waals surface area contributed by atoms with Crippen molar-refractivity contribution in [2.75, 3.05) is 6.54 Å². The number of rotatable bonds is 3. The third-order valence-corrected chi connectivity index (χ3v) is 3.89. The largest absolute Gasteiger partial charge is 0.311 e. The predicted molar refractivity (Wildman–Crippen MR) is 59.0 cm³/mol. The summed E-state index contributed by atoms with van der Waals surface area (Å²) in [6, 6.07) is 1.94. The Kier molecular flexibility index (Phi) is 3.42. The number of halogens is 2. The van der Waals surface area contributed by atoms with Gasteiger partial charge in [-0.25, -0.2) is 4.39 Å². The van der Waals surface area contributed by atoms with E-state index in [1.807, 2.05) is 11.4 Å². The van der Waals surface area contributed by atoms with E-state index in [2.05, 4.69) is 5.32 Å². The van der Waals surface area contributed by atoms with Gasteiger partial charge in [0, 0.05) is 12.5 Å². The molecular formula is C10H13ClFNS. The van der Waals surface area contributed by atoms with E-state index in [1.54, 1.807) is 0 Å². The van der Waals surface area contributed by atoms with Gasteiger partial charge in [0.05, 0.1) is 4.34 Å². The van der Waals surface area contributed by atoms with Gasteiger partial charge in [-0.05, 0) is 36.4 Å². The molecule has 1 N–H and O–H groups in total. The fraction of sp³-hybridized carbons (Fsp3) is 0.600. The van der Waals surface area contributed by atoms with Crippen molar-refractivity contribution in [2.45, 2.75) is 31.5 Å². The third-order valence-electron chi connectivity index (χ3n) is 2.64. The first-order valence-corrected chi connectivity index (χ1v) is 6.12. The SMILES string of the molecule is FC(Cc1ccsc1Cl)C1CCCN1. The van der Waals surface area contributed by atoms with E-state index in [0.717, 1.165) is 29.3 Å². The lowest BCUT2D eigenvalue weighted by Gasteiger charge is -2.15. The summed E-state index contributed by atoms with van der Waals surface area (Å²) < 4.78 is 14.5. The van der Waals surface area contributed by atoms with Crippen molar-refractivity contribution in [2.24, 2.45) is 0 Å². The fourth-order valence-corrected chi connectivity index (χ4v) is 2.79. The highest BCUT2D eigenvalue weighted by Gasteiger charge is 2.24. The summed E-state index contributed by atoms with van der Waals surface area (Å²) in [5, 5.41) is 5.08. The van der Waals surface area contributed by atoms with Gasteiger partial charge in [-0.15, -0.1) is 11.3 Å². The molecule has 1 aliphatic rings. The molecule has 1 aromatic rings. The standard InChI is InChI=1S/C10H13ClFNS/c11-10-7(3-5-14-10)6-8(12)9-2-1-4-13-9/h3,5,8-9,13H,1-2,4,6H2. The minimum Gasteiger partial charge on any atom is -0.311 e. The molecule has 1 saturated heterocycles. The molecule has 0 bridgehead atoms. The van der Waals surface area contributed by atoms with Crippen molar-refractivity contribution in [3.63, 3.8) is 0 Å². The summed E-state index contributed by atoms with van der Waals surface area (Å²) in [4.78, 5) is 0. The van der Waals surface area contributed by atoms with Crippen molar-refractivity contribution in [3.05, 3.63) is 21.3 Å². The Morgan fingerprint density at radius 3 is 3.14 bits per heavy atom. The number of nitrogens with one attached hydrogen (secondary N) is 1. The number of hydrogen-bond donors (Lipinski definition) is 1. The molecule has 78 valence electrons. The Hall–Kier alpha value is -0.120. The average molecular weight is 234 g/mol. The van der Waals surface area contributed by atoms with Crippen molar-refractivity contribution in [1.29, 1.82) is 0 Å². The Balaban J connectivity index is 1.93. The molecule has 2 heterocycles. The molecule has 2 rings (SSSR count). The zero-order chi connectivity index (χ0) is 9.97. The van der Waals surface area contributed by atoms with Gasteiger partial charge in [0.1, 0.15) is 6.17 Å². The van der Waals surface area contributed by atoms with Gasteiger partial charge in [-0.2, -0.15) is 0 Å². The Morgan fingerprint density at radius 1 is 1.71 bits per heavy atom. The molecule has 0 radical (unpaired) electrons. The van der Waals surface area contributed by atoms with Crippen LogP contribution in [-0.4, -0.2) is 18.8 Å². The van der Waals surface area contributed by atoms with Gasteiger partial charge >= 0.3 is 0 Å². The van der Waals surface area contributed by atoms with Crippen LogP contribution in [-0.2, 0) is 6.42 Å². The quantitative estimate of drug-likeness (QED) is 0.846. The molecular weight excluding hydrogens is 221 g/mol. The van der Waals surface area contributed by atoms with Crippen LogP contribution >= 0.6 is 22.9 Å². The zero-order valence-electron chi connectivity index (χ0n) is 7.80. The van der Waals surface area contributed by atoms with E-state index in [0.29, 0.717) is 6.42 Å². The molecule has 2 unspecified atom stereocenters. The van der Waals surface area contributed by atoms with E-state index < -0.39 is 6.17 Å². The van der Waals surface area contributed by atoms with E-state index in [4.69, 9.17) is 11.6 Å². The van der Waals surface area contributed by atoms with Gasteiger partial charge in [0.15, 0.2) is 0 Å². The maximum Gasteiger partial charge on any atom is 0.119 e. The first kappa shape index (κ1) is 10.4. The molecule has 0 amide bonds. The first-order chi connectivity index (χ1) is 6.77. The number of thiophene rings is 1. The minimum atomic E-state index is -0.801. The maximum atomic E-state index is 13.7. The number of alkyl halides is 1. The van der Waals surface area contributed by atoms with Crippen molar-refractivity contribution in [1.82, 2.24) is 5.32 Å². The van der Waals surface area contributed by atoms with Crippen molar-refractivity contribution < 1.29 is 4.39 Å². The second-order valence-corrected chi connectivity index (χ2v) is 5.16. The molecule has 1 aliphatic heterocycles. The summed E-state index contributed by atoms with van der Waals surface area (Å²) in [7, 11) is 0. The maximum absolute atomic E-state index is 13.7. The van der Waals surface area contributed by atoms with E-state index in [9.17, 15) is 4.39 Å². The van der Waals surface area contributed by atoms with E-state index in [-0.39, 0.29) is 6.04 Å². The average Bonchev–Trinajstić information content (AvgIpc) is 2.77. The minimum absolute atomic E-state index is 0.0333. The second kappa shape index (κ2) is 4.60. The molecule has 0 spiro atoms. The predicted octanol–water partition coefficient (Wildman–Crippen LogP) is 3.03. The van der Waals surface area contributed by atoms with Crippen LogP contribution in [0.2, 0.25) is 4.34 Å². The summed E-state index contributed by atoms with van der Waals surface area (Å²) >= 11 is 7.39. The summed E-state index contributed by atoms with van der Waals surface area (Å²) in [5.41, 5.74) is 0.942. The van der Waals surface area contributed by atoms with Crippen LogP contribution in [0.15, 0.2) is 11.4 Å². The first-order valence-electron chi connectivity index (χ1n) is 4.86. The Labute approximate surface area is 92.3 Å². The molecule has 1 aromatic heterocycles. The molecule has 4 heteroatoms. The summed E-state index contributed by atoms with van der Waals surface area (Å²) in [6.07, 6.45) is 1.68. The van der Waals surface area contributed by atoms with Crippen LogP contribution in [0.4, 0.5) is 4.39 Å². The highest BCUT2D eigenvalue weighted by Crippen LogP contribution is 2.26. The molecule has 0 saturated carbocycles. The van der Waals surface area contributed by atoms with Gasteiger partial charge in [-0.3, -0.25) is 0 Å². The van der Waals surface area contributed by atoms with E-state index in [1.165, 1.54) is 11.3 Å². The van der Waals surface area contributed by atoms with Crippen LogP contribution in [0.3, 0.4) is 0 Å². The molecule has 1 fully saturated rings. The molecule has 14 heavy (non-hydrogen) atoms. The van der Waals surface area contributed by atoms with Gasteiger partial charge in [0.25, 0.3) is 0 Å². The molecule has 1 nitrogen and oxygen atoms in total. The lowest BCUT2D eigenvalue weighted by molar-refractivity contribution is 0.264. The van der Waals surface area contributed by atoms with Crippen LogP contribution in [0, 0.1) is 0 Å². The fourth-order valence-electron chi connectivity index (χ4n) is 1.84. The molecule has 0 aliphatic carbocycles. The van der Waals surface area contributed by atoms with Crippen LogP contribution in [0.5, 0.6) is 0 Å². The molecule has 0 aromatic carbocycles. The topological polar surface area (TPSA) is 12.0 Å².